The molecule has 2 radical (unpaired) electrons. The first-order valence-electron chi connectivity index (χ1n) is 2.63. The average molecular weight is 100 g/mol. The zero-order valence-corrected chi connectivity index (χ0v) is 4.98. The summed E-state index contributed by atoms with van der Waals surface area (Å²) in [6.45, 7) is 9.92. The second-order valence-corrected chi connectivity index (χ2v) is 1.50. The molecule has 0 saturated carbocycles. The molecule has 0 amide bonds. The van der Waals surface area contributed by atoms with E-state index in [0.717, 1.165) is 6.61 Å². The van der Waals surface area contributed by atoms with Crippen molar-refractivity contribution in [3.63, 3.8) is 0 Å². The molecule has 0 bridgehead atoms. The zero-order chi connectivity index (χ0) is 5.70. The van der Waals surface area contributed by atoms with Crippen LogP contribution >= 0.6 is 0 Å². The molecule has 0 saturated heterocycles. The third kappa shape index (κ3) is 3.80. The summed E-state index contributed by atoms with van der Waals surface area (Å²) in [5, 5.41) is 0. The number of ether oxygens (including phenoxy) is 1. The Labute approximate surface area is 45.7 Å². The Kier molecular flexibility index (Phi) is 4.10. The summed E-state index contributed by atoms with van der Waals surface area (Å²) >= 11 is 0. The minimum Gasteiger partial charge on any atom is -0.379 e. The summed E-state index contributed by atoms with van der Waals surface area (Å²) in [5.41, 5.74) is 0. The fraction of sp³-hybridized carbons (Fsp3) is 0.833. The van der Waals surface area contributed by atoms with E-state index >= 15 is 0 Å². The summed E-state index contributed by atoms with van der Waals surface area (Å²) in [7, 11) is 0. The van der Waals surface area contributed by atoms with Crippen LogP contribution < -0.4 is 0 Å². The first-order chi connectivity index (χ1) is 3.31. The van der Waals surface area contributed by atoms with Crippen LogP contribution in [0.2, 0.25) is 0 Å². The maximum Gasteiger partial charge on any atom is 0.0549 e. The van der Waals surface area contributed by atoms with Crippen molar-refractivity contribution in [3.8, 4) is 0 Å². The van der Waals surface area contributed by atoms with Crippen molar-refractivity contribution >= 4 is 0 Å². The molecule has 7 heavy (non-hydrogen) atoms. The average Bonchev–Trinajstić information content (AvgIpc) is 1.68. The minimum absolute atomic E-state index is 0.227. The van der Waals surface area contributed by atoms with Crippen LogP contribution in [0.25, 0.3) is 0 Å². The Bertz CT molecular complexity index is 35.2. The van der Waals surface area contributed by atoms with Crippen LogP contribution in [0.4, 0.5) is 0 Å². The molecule has 1 nitrogen and oxygen atoms in total. The van der Waals surface area contributed by atoms with Gasteiger partial charge in [-0.15, -0.1) is 0 Å². The molecule has 0 spiro atoms. The summed E-state index contributed by atoms with van der Waals surface area (Å²) in [5.74, 6) is 0. The van der Waals surface area contributed by atoms with Gasteiger partial charge in [-0.2, -0.15) is 0 Å². The van der Waals surface area contributed by atoms with Gasteiger partial charge in [0.25, 0.3) is 0 Å². The Morgan fingerprint density at radius 3 is 2.43 bits per heavy atom. The molecule has 0 aliphatic rings. The summed E-state index contributed by atoms with van der Waals surface area (Å²) in [6, 6.07) is 0. The predicted octanol–water partition coefficient (Wildman–Crippen LogP) is 1.51. The van der Waals surface area contributed by atoms with Crippen LogP contribution in [0.15, 0.2) is 0 Å². The zero-order valence-electron chi connectivity index (χ0n) is 4.98. The number of hydrogen-bond donors (Lipinski definition) is 0. The van der Waals surface area contributed by atoms with Crippen molar-refractivity contribution in [3.05, 3.63) is 6.92 Å². The van der Waals surface area contributed by atoms with E-state index in [9.17, 15) is 0 Å². The molecule has 0 aromatic rings. The van der Waals surface area contributed by atoms with Crippen LogP contribution in [0.5, 0.6) is 0 Å². The maximum absolute atomic E-state index is 5.23. The molecular weight excluding hydrogens is 88.1 g/mol. The van der Waals surface area contributed by atoms with E-state index in [1.165, 1.54) is 0 Å². The highest BCUT2D eigenvalue weighted by atomic mass is 16.5. The van der Waals surface area contributed by atoms with Crippen molar-refractivity contribution in [2.24, 2.45) is 0 Å². The van der Waals surface area contributed by atoms with Gasteiger partial charge in [0, 0.05) is 6.61 Å². The lowest BCUT2D eigenvalue weighted by atomic mass is 10.3. The van der Waals surface area contributed by atoms with Crippen LogP contribution in [-0.2, 0) is 4.74 Å². The Morgan fingerprint density at radius 1 is 1.71 bits per heavy atom. The highest BCUT2D eigenvalue weighted by molar-refractivity contribution is 4.48. The Balaban J connectivity index is 2.83. The molecule has 1 atom stereocenters. The van der Waals surface area contributed by atoms with Gasteiger partial charge in [-0.1, -0.05) is 0 Å². The van der Waals surface area contributed by atoms with E-state index in [1.54, 1.807) is 0 Å². The molecule has 0 N–H and O–H groups in total. The van der Waals surface area contributed by atoms with Crippen molar-refractivity contribution < 1.29 is 4.74 Å². The van der Waals surface area contributed by atoms with E-state index in [-0.39, 0.29) is 6.10 Å². The highest BCUT2D eigenvalue weighted by Crippen LogP contribution is 1.92. The van der Waals surface area contributed by atoms with Gasteiger partial charge in [0.2, 0.25) is 0 Å². The highest BCUT2D eigenvalue weighted by Gasteiger charge is 1.92. The quantitative estimate of drug-likeness (QED) is 0.522. The number of rotatable bonds is 3. The van der Waals surface area contributed by atoms with Crippen LogP contribution in [-0.4, -0.2) is 12.7 Å². The van der Waals surface area contributed by atoms with E-state index in [0.29, 0.717) is 6.42 Å². The van der Waals surface area contributed by atoms with Gasteiger partial charge in [0.15, 0.2) is 0 Å². The standard InChI is InChI=1S/C6H12O/c1-4-6(3)7-5-2/h1,6H,4-5H2,2-3H3. The molecule has 0 heterocycles. The lowest BCUT2D eigenvalue weighted by molar-refractivity contribution is 0.0782. The van der Waals surface area contributed by atoms with Gasteiger partial charge in [-0.05, 0) is 27.2 Å². The molecule has 42 valence electrons. The third-order valence-electron chi connectivity index (χ3n) is 0.783. The second kappa shape index (κ2) is 4.13. The van der Waals surface area contributed by atoms with Gasteiger partial charge in [0.1, 0.15) is 0 Å². The fourth-order valence-electron chi connectivity index (χ4n) is 0.353. The first-order valence-corrected chi connectivity index (χ1v) is 2.63. The van der Waals surface area contributed by atoms with Gasteiger partial charge < -0.3 is 4.74 Å². The predicted molar refractivity (Wildman–Crippen MR) is 30.0 cm³/mol. The molecule has 0 aliphatic carbocycles. The molecule has 0 aliphatic heterocycles. The normalized spacial score (nSPS) is 14.1. The van der Waals surface area contributed by atoms with Gasteiger partial charge >= 0.3 is 0 Å². The summed E-state index contributed by atoms with van der Waals surface area (Å²) in [6.07, 6.45) is 0.846. The lowest BCUT2D eigenvalue weighted by Crippen LogP contribution is -2.04. The van der Waals surface area contributed by atoms with Crippen molar-refractivity contribution in [2.75, 3.05) is 6.61 Å². The van der Waals surface area contributed by atoms with Gasteiger partial charge in [-0.3, -0.25) is 0 Å². The molecule has 1 unspecified atom stereocenters. The minimum atomic E-state index is 0.227. The Hall–Kier alpha value is -0.0400. The monoisotopic (exact) mass is 100 g/mol. The molecular formula is C6H12O. The van der Waals surface area contributed by atoms with Crippen LogP contribution in [0.3, 0.4) is 0 Å². The molecule has 0 fully saturated rings. The largest absolute Gasteiger partial charge is 0.379 e. The first kappa shape index (κ1) is 6.96. The van der Waals surface area contributed by atoms with Crippen molar-refractivity contribution in [1.82, 2.24) is 0 Å². The third-order valence-corrected chi connectivity index (χ3v) is 0.783. The molecule has 0 aromatic carbocycles. The van der Waals surface area contributed by atoms with Crippen molar-refractivity contribution in [2.45, 2.75) is 26.4 Å². The van der Waals surface area contributed by atoms with Gasteiger partial charge in [0.05, 0.1) is 6.10 Å². The van der Waals surface area contributed by atoms with Gasteiger partial charge in [-0.25, -0.2) is 0 Å². The molecule has 1 heteroatoms. The Morgan fingerprint density at radius 2 is 2.29 bits per heavy atom. The smallest absolute Gasteiger partial charge is 0.0549 e. The van der Waals surface area contributed by atoms with E-state index in [4.69, 9.17) is 11.7 Å². The van der Waals surface area contributed by atoms with E-state index < -0.39 is 0 Å². The number of hydrogen-bond acceptors (Lipinski definition) is 1. The van der Waals surface area contributed by atoms with Crippen molar-refractivity contribution in [1.29, 1.82) is 0 Å². The SMILES string of the molecule is [CH]CC(C)OCC. The topological polar surface area (TPSA) is 9.23 Å². The fourth-order valence-corrected chi connectivity index (χ4v) is 0.353. The summed E-state index contributed by atoms with van der Waals surface area (Å²) in [4.78, 5) is 0. The summed E-state index contributed by atoms with van der Waals surface area (Å²) < 4.78 is 5.07. The van der Waals surface area contributed by atoms with Crippen LogP contribution in [0.1, 0.15) is 20.3 Å². The second-order valence-electron chi connectivity index (χ2n) is 1.50. The van der Waals surface area contributed by atoms with E-state index in [1.807, 2.05) is 13.8 Å². The van der Waals surface area contributed by atoms with Crippen LogP contribution in [0, 0.1) is 6.92 Å². The van der Waals surface area contributed by atoms with E-state index in [2.05, 4.69) is 0 Å². The molecule has 0 aromatic heterocycles. The molecule has 0 rings (SSSR count). The maximum atomic E-state index is 5.23. The lowest BCUT2D eigenvalue weighted by Gasteiger charge is -2.05.